The lowest BCUT2D eigenvalue weighted by atomic mass is 10.2. The maximum Gasteiger partial charge on any atom is 0.344 e. The molecule has 2 rings (SSSR count). The average molecular weight is 461 g/mol. The van der Waals surface area contributed by atoms with Gasteiger partial charge < -0.3 is 9.47 Å². The summed E-state index contributed by atoms with van der Waals surface area (Å²) in [5.41, 5.74) is 0.782. The van der Waals surface area contributed by atoms with Gasteiger partial charge in [-0.3, -0.25) is 14.5 Å². The van der Waals surface area contributed by atoms with Crippen molar-refractivity contribution in [3.8, 4) is 5.75 Å². The van der Waals surface area contributed by atoms with Crippen molar-refractivity contribution in [1.82, 2.24) is 4.90 Å². The van der Waals surface area contributed by atoms with Gasteiger partial charge in [0.25, 0.3) is 11.1 Å². The summed E-state index contributed by atoms with van der Waals surface area (Å²) in [6.07, 6.45) is 1.68. The first kappa shape index (κ1) is 18.8. The highest BCUT2D eigenvalue weighted by atomic mass is 127. The van der Waals surface area contributed by atoms with Crippen LogP contribution in [0.15, 0.2) is 23.1 Å². The van der Waals surface area contributed by atoms with Gasteiger partial charge in [-0.25, -0.2) is 4.79 Å². The zero-order valence-electron chi connectivity index (χ0n) is 13.2. The first-order valence-corrected chi connectivity index (χ1v) is 9.19. The summed E-state index contributed by atoms with van der Waals surface area (Å²) < 4.78 is 11.0. The molecule has 0 radical (unpaired) electrons. The van der Waals surface area contributed by atoms with E-state index in [0.717, 1.165) is 20.9 Å². The zero-order valence-corrected chi connectivity index (χ0v) is 16.2. The molecule has 0 atom stereocenters. The van der Waals surface area contributed by atoms with Gasteiger partial charge in [-0.1, -0.05) is 6.07 Å². The van der Waals surface area contributed by atoms with Crippen molar-refractivity contribution in [2.24, 2.45) is 0 Å². The third-order valence-corrected chi connectivity index (χ3v) is 4.84. The lowest BCUT2D eigenvalue weighted by molar-refractivity contribution is -0.145. The topological polar surface area (TPSA) is 72.9 Å². The number of imide groups is 1. The van der Waals surface area contributed by atoms with Crippen LogP contribution in [0.1, 0.15) is 19.4 Å². The molecule has 1 fully saturated rings. The molecule has 0 aliphatic carbocycles. The first-order chi connectivity index (χ1) is 11.5. The minimum Gasteiger partial charge on any atom is -0.481 e. The van der Waals surface area contributed by atoms with Crippen molar-refractivity contribution in [3.05, 3.63) is 32.2 Å². The van der Waals surface area contributed by atoms with Crippen LogP contribution in [-0.2, 0) is 14.3 Å². The van der Waals surface area contributed by atoms with E-state index in [-0.39, 0.29) is 17.8 Å². The van der Waals surface area contributed by atoms with E-state index < -0.39 is 5.97 Å². The Morgan fingerprint density at radius 3 is 2.67 bits per heavy atom. The summed E-state index contributed by atoms with van der Waals surface area (Å²) in [5, 5.41) is -0.252. The van der Waals surface area contributed by atoms with Crippen molar-refractivity contribution in [2.75, 3.05) is 19.8 Å². The van der Waals surface area contributed by atoms with E-state index in [0.29, 0.717) is 23.8 Å². The fourth-order valence-electron chi connectivity index (χ4n) is 1.99. The largest absolute Gasteiger partial charge is 0.481 e. The highest BCUT2D eigenvalue weighted by molar-refractivity contribution is 14.1. The molecule has 0 unspecified atom stereocenters. The molecule has 1 aromatic carbocycles. The lowest BCUT2D eigenvalue weighted by Crippen LogP contribution is -2.27. The Morgan fingerprint density at radius 1 is 1.33 bits per heavy atom. The molecule has 1 heterocycles. The van der Waals surface area contributed by atoms with E-state index in [1.807, 2.05) is 6.07 Å². The molecule has 0 saturated carbocycles. The third kappa shape index (κ3) is 4.50. The molecule has 1 aromatic rings. The Bertz CT molecular complexity index is 704. The SMILES string of the molecule is CCOC(=O)COc1ccc(/C=C2/SC(=O)N(CC)C2=O)cc1I. The Morgan fingerprint density at radius 2 is 2.08 bits per heavy atom. The number of benzene rings is 1. The van der Waals surface area contributed by atoms with Crippen LogP contribution in [0, 0.1) is 3.57 Å². The van der Waals surface area contributed by atoms with Crippen LogP contribution in [0.5, 0.6) is 5.75 Å². The number of hydrogen-bond donors (Lipinski definition) is 0. The summed E-state index contributed by atoms with van der Waals surface area (Å²) in [5.74, 6) is -0.141. The average Bonchev–Trinajstić information content (AvgIpc) is 2.80. The Hall–Kier alpha value is -1.55. The highest BCUT2D eigenvalue weighted by Gasteiger charge is 2.33. The van der Waals surface area contributed by atoms with Gasteiger partial charge in [0, 0.05) is 6.54 Å². The number of ether oxygens (including phenoxy) is 2. The van der Waals surface area contributed by atoms with Gasteiger partial charge in [-0.05, 0) is 72.0 Å². The zero-order chi connectivity index (χ0) is 17.7. The van der Waals surface area contributed by atoms with Crippen molar-refractivity contribution in [2.45, 2.75) is 13.8 Å². The number of likely N-dealkylation sites (N-methyl/N-ethyl adjacent to an activating group) is 1. The fraction of sp³-hybridized carbons (Fsp3) is 0.312. The summed E-state index contributed by atoms with van der Waals surface area (Å²) in [6, 6.07) is 5.31. The monoisotopic (exact) mass is 461 g/mol. The van der Waals surface area contributed by atoms with Crippen LogP contribution >= 0.6 is 34.4 Å². The van der Waals surface area contributed by atoms with Crippen LogP contribution in [0.4, 0.5) is 4.79 Å². The maximum absolute atomic E-state index is 12.1. The summed E-state index contributed by atoms with van der Waals surface area (Å²) >= 11 is 3.02. The summed E-state index contributed by atoms with van der Waals surface area (Å²) in [7, 11) is 0. The Balaban J connectivity index is 2.10. The number of rotatable bonds is 6. The number of carbonyl (C=O) groups is 3. The van der Waals surface area contributed by atoms with E-state index in [2.05, 4.69) is 22.6 Å². The van der Waals surface area contributed by atoms with Crippen LogP contribution in [-0.4, -0.2) is 41.8 Å². The number of amides is 2. The Labute approximate surface area is 157 Å². The predicted molar refractivity (Wildman–Crippen MR) is 99.6 cm³/mol. The molecule has 6 nitrogen and oxygen atoms in total. The number of esters is 1. The number of carbonyl (C=O) groups excluding carboxylic acids is 3. The van der Waals surface area contributed by atoms with Gasteiger partial charge in [0.05, 0.1) is 15.1 Å². The third-order valence-electron chi connectivity index (χ3n) is 3.09. The van der Waals surface area contributed by atoms with Gasteiger partial charge in [-0.2, -0.15) is 0 Å². The minimum absolute atomic E-state index is 0.154. The van der Waals surface area contributed by atoms with Gasteiger partial charge in [0.2, 0.25) is 0 Å². The molecule has 1 aliphatic heterocycles. The normalized spacial score (nSPS) is 16.0. The van der Waals surface area contributed by atoms with E-state index in [4.69, 9.17) is 9.47 Å². The van der Waals surface area contributed by atoms with Gasteiger partial charge in [0.15, 0.2) is 6.61 Å². The van der Waals surface area contributed by atoms with Crippen LogP contribution in [0.2, 0.25) is 0 Å². The lowest BCUT2D eigenvalue weighted by Gasteiger charge is -2.09. The molecule has 0 N–H and O–H groups in total. The molecule has 8 heteroatoms. The number of halogens is 1. The molecular weight excluding hydrogens is 445 g/mol. The molecular formula is C16H16INO5S. The van der Waals surface area contributed by atoms with Crippen molar-refractivity contribution >= 4 is 57.5 Å². The second-order valence-electron chi connectivity index (χ2n) is 4.71. The number of nitrogens with zero attached hydrogens (tertiary/aromatic N) is 1. The molecule has 0 bridgehead atoms. The maximum atomic E-state index is 12.1. The fourth-order valence-corrected chi connectivity index (χ4v) is 3.59. The predicted octanol–water partition coefficient (Wildman–Crippen LogP) is 3.29. The molecule has 1 saturated heterocycles. The molecule has 1 aliphatic rings. The molecule has 0 aromatic heterocycles. The second kappa shape index (κ2) is 8.52. The van der Waals surface area contributed by atoms with Crippen LogP contribution < -0.4 is 4.74 Å². The van der Waals surface area contributed by atoms with Gasteiger partial charge in [-0.15, -0.1) is 0 Å². The van der Waals surface area contributed by atoms with E-state index in [1.165, 1.54) is 4.90 Å². The summed E-state index contributed by atoms with van der Waals surface area (Å²) in [4.78, 5) is 36.7. The smallest absolute Gasteiger partial charge is 0.344 e. The summed E-state index contributed by atoms with van der Waals surface area (Å²) in [6.45, 7) is 4.01. The van der Waals surface area contributed by atoms with Crippen molar-refractivity contribution in [3.63, 3.8) is 0 Å². The van der Waals surface area contributed by atoms with E-state index in [1.54, 1.807) is 32.1 Å². The quantitative estimate of drug-likeness (QED) is 0.368. The van der Waals surface area contributed by atoms with Crippen molar-refractivity contribution < 1.29 is 23.9 Å². The van der Waals surface area contributed by atoms with Gasteiger partial charge in [0.1, 0.15) is 5.75 Å². The van der Waals surface area contributed by atoms with E-state index in [9.17, 15) is 14.4 Å². The van der Waals surface area contributed by atoms with Crippen molar-refractivity contribution in [1.29, 1.82) is 0 Å². The first-order valence-electron chi connectivity index (χ1n) is 7.29. The van der Waals surface area contributed by atoms with Gasteiger partial charge >= 0.3 is 5.97 Å². The second-order valence-corrected chi connectivity index (χ2v) is 6.86. The minimum atomic E-state index is -0.425. The van der Waals surface area contributed by atoms with Crippen LogP contribution in [0.25, 0.3) is 6.08 Å². The molecule has 128 valence electrons. The molecule has 2 amide bonds. The molecule has 24 heavy (non-hydrogen) atoms. The Kier molecular flexibility index (Phi) is 6.67. The number of thioether (sulfide) groups is 1. The standard InChI is InChI=1S/C16H16INO5S/c1-3-18-15(20)13(24-16(18)21)8-10-5-6-12(11(17)7-10)23-9-14(19)22-4-2/h5-8H,3-4,9H2,1-2H3/b13-8+. The van der Waals surface area contributed by atoms with Crippen LogP contribution in [0.3, 0.4) is 0 Å². The molecule has 0 spiro atoms. The number of hydrogen-bond acceptors (Lipinski definition) is 6. The highest BCUT2D eigenvalue weighted by Crippen LogP contribution is 2.32. The van der Waals surface area contributed by atoms with E-state index >= 15 is 0 Å².